The van der Waals surface area contributed by atoms with E-state index in [-0.39, 0.29) is 18.4 Å². The Labute approximate surface area is 152 Å². The Bertz CT molecular complexity index is 625. The number of carbonyl (C=O) groups is 1. The molecule has 8 nitrogen and oxygen atoms in total. The number of amides is 1. The first kappa shape index (κ1) is 20.1. The number of nitrogens with one attached hydrogen (secondary N) is 1. The number of alkyl carbamates (subject to hydrolysis) is 1. The molecular weight excluding hydrogens is 343 g/mol. The van der Waals surface area contributed by atoms with Crippen LogP contribution in [0.1, 0.15) is 32.4 Å². The summed E-state index contributed by atoms with van der Waals surface area (Å²) in [5.74, 6) is 0.530. The van der Waals surface area contributed by atoms with E-state index in [9.17, 15) is 14.3 Å². The maximum absolute atomic E-state index is 13.2. The lowest BCUT2D eigenvalue weighted by Crippen LogP contribution is -2.37. The molecule has 2 heterocycles. The summed E-state index contributed by atoms with van der Waals surface area (Å²) in [5.41, 5.74) is -0.360. The first-order valence-corrected chi connectivity index (χ1v) is 8.39. The molecule has 0 aromatic carbocycles. The van der Waals surface area contributed by atoms with E-state index in [1.54, 1.807) is 20.8 Å². The number of morpholine rings is 1. The largest absolute Gasteiger partial charge is 0.444 e. The van der Waals surface area contributed by atoms with Crippen LogP contribution in [0.15, 0.2) is 24.3 Å². The van der Waals surface area contributed by atoms with Crippen molar-refractivity contribution in [1.82, 2.24) is 15.3 Å². The van der Waals surface area contributed by atoms with E-state index in [0.29, 0.717) is 37.8 Å². The molecule has 0 bridgehead atoms. The highest BCUT2D eigenvalue weighted by atomic mass is 19.1. The van der Waals surface area contributed by atoms with Gasteiger partial charge >= 0.3 is 6.09 Å². The van der Waals surface area contributed by atoms with Gasteiger partial charge in [-0.25, -0.2) is 19.2 Å². The Morgan fingerprint density at radius 2 is 2.04 bits per heavy atom. The fraction of sp³-hybridized carbons (Fsp3) is 0.588. The van der Waals surface area contributed by atoms with Gasteiger partial charge in [0, 0.05) is 43.2 Å². The van der Waals surface area contributed by atoms with Crippen LogP contribution in [-0.2, 0) is 9.47 Å². The van der Waals surface area contributed by atoms with Crippen LogP contribution >= 0.6 is 0 Å². The van der Waals surface area contributed by atoms with Crippen molar-refractivity contribution in [2.75, 3.05) is 37.7 Å². The number of ether oxygens (including phenoxy) is 2. The second kappa shape index (κ2) is 8.91. The molecule has 144 valence electrons. The smallest absolute Gasteiger partial charge is 0.407 e. The van der Waals surface area contributed by atoms with Gasteiger partial charge in [0.1, 0.15) is 11.7 Å². The maximum Gasteiger partial charge on any atom is 0.407 e. The van der Waals surface area contributed by atoms with E-state index in [2.05, 4.69) is 15.3 Å². The normalized spacial score (nSPS) is 17.0. The molecule has 9 heteroatoms. The van der Waals surface area contributed by atoms with Gasteiger partial charge in [0.25, 0.3) is 0 Å². The van der Waals surface area contributed by atoms with Crippen molar-refractivity contribution in [3.05, 3.63) is 29.9 Å². The maximum atomic E-state index is 13.2. The zero-order valence-electron chi connectivity index (χ0n) is 15.2. The molecule has 1 aliphatic rings. The minimum Gasteiger partial charge on any atom is -0.444 e. The van der Waals surface area contributed by atoms with Gasteiger partial charge in [-0.2, -0.15) is 0 Å². The van der Waals surface area contributed by atoms with Crippen LogP contribution in [-0.4, -0.2) is 59.6 Å². The minimum atomic E-state index is -1.27. The van der Waals surface area contributed by atoms with E-state index in [1.165, 1.54) is 12.4 Å². The molecule has 0 radical (unpaired) electrons. The molecule has 1 atom stereocenters. The summed E-state index contributed by atoms with van der Waals surface area (Å²) in [7, 11) is 0. The van der Waals surface area contributed by atoms with Crippen molar-refractivity contribution in [2.45, 2.75) is 32.5 Å². The van der Waals surface area contributed by atoms with Gasteiger partial charge in [-0.3, -0.25) is 0 Å². The SMILES string of the molecule is CC(C)(C)OC(=O)NC/C(=C/F)C(O)c1cnc(N2CCOCC2)nc1. The van der Waals surface area contributed by atoms with Crippen molar-refractivity contribution in [2.24, 2.45) is 0 Å². The number of anilines is 1. The average molecular weight is 368 g/mol. The summed E-state index contributed by atoms with van der Waals surface area (Å²) >= 11 is 0. The summed E-state index contributed by atoms with van der Waals surface area (Å²) in [6, 6.07) is 0. The summed E-state index contributed by atoms with van der Waals surface area (Å²) in [6.07, 6.45) is 1.19. The van der Waals surface area contributed by atoms with Crippen molar-refractivity contribution < 1.29 is 23.8 Å². The first-order valence-electron chi connectivity index (χ1n) is 8.39. The molecule has 1 fully saturated rings. The highest BCUT2D eigenvalue weighted by Crippen LogP contribution is 2.21. The predicted molar refractivity (Wildman–Crippen MR) is 93.5 cm³/mol. The Morgan fingerprint density at radius 3 is 2.58 bits per heavy atom. The van der Waals surface area contributed by atoms with Gasteiger partial charge in [-0.15, -0.1) is 0 Å². The second-order valence-corrected chi connectivity index (χ2v) is 6.86. The van der Waals surface area contributed by atoms with Crippen LogP contribution in [0, 0.1) is 0 Å². The molecular formula is C17H25FN4O4. The quantitative estimate of drug-likeness (QED) is 0.817. The Kier molecular flexibility index (Phi) is 6.87. The Hall–Kier alpha value is -2.26. The minimum absolute atomic E-state index is 0.0291. The van der Waals surface area contributed by atoms with Gasteiger partial charge in [0.15, 0.2) is 0 Å². The number of halogens is 1. The average Bonchev–Trinajstić information content (AvgIpc) is 2.61. The summed E-state index contributed by atoms with van der Waals surface area (Å²) in [4.78, 5) is 22.1. The van der Waals surface area contributed by atoms with Gasteiger partial charge in [0.05, 0.1) is 19.5 Å². The first-order chi connectivity index (χ1) is 12.3. The lowest BCUT2D eigenvalue weighted by atomic mass is 10.1. The standard InChI is InChI=1S/C17H25FN4O4/c1-17(2,3)26-16(24)21-9-12(8-18)14(23)13-10-19-15(20-11-13)22-4-6-25-7-5-22/h8,10-11,14,23H,4-7,9H2,1-3H3,(H,21,24)/b12-8-. The molecule has 2 rings (SSSR count). The monoisotopic (exact) mass is 368 g/mol. The second-order valence-electron chi connectivity index (χ2n) is 6.86. The molecule has 1 unspecified atom stereocenters. The number of aliphatic hydroxyl groups excluding tert-OH is 1. The van der Waals surface area contributed by atoms with Crippen molar-refractivity contribution in [3.63, 3.8) is 0 Å². The lowest BCUT2D eigenvalue weighted by molar-refractivity contribution is 0.0529. The summed E-state index contributed by atoms with van der Waals surface area (Å²) < 4.78 is 23.5. The molecule has 1 aliphatic heterocycles. The zero-order chi connectivity index (χ0) is 19.2. The van der Waals surface area contributed by atoms with E-state index in [1.807, 2.05) is 4.90 Å². The fourth-order valence-corrected chi connectivity index (χ4v) is 2.30. The van der Waals surface area contributed by atoms with Gasteiger partial charge in [-0.05, 0) is 20.8 Å². The van der Waals surface area contributed by atoms with Crippen LogP contribution in [0.4, 0.5) is 15.1 Å². The van der Waals surface area contributed by atoms with Crippen LogP contribution in [0.5, 0.6) is 0 Å². The molecule has 2 N–H and O–H groups in total. The molecule has 0 aliphatic carbocycles. The van der Waals surface area contributed by atoms with Gasteiger partial charge < -0.3 is 24.8 Å². The molecule has 26 heavy (non-hydrogen) atoms. The van der Waals surface area contributed by atoms with Crippen LogP contribution in [0.3, 0.4) is 0 Å². The summed E-state index contributed by atoms with van der Waals surface area (Å²) in [5, 5.41) is 12.7. The third-order valence-electron chi connectivity index (χ3n) is 3.59. The highest BCUT2D eigenvalue weighted by Gasteiger charge is 2.20. The van der Waals surface area contributed by atoms with E-state index in [4.69, 9.17) is 9.47 Å². The van der Waals surface area contributed by atoms with Crippen molar-refractivity contribution in [1.29, 1.82) is 0 Å². The number of carbonyl (C=O) groups excluding carboxylic acids is 1. The number of aliphatic hydroxyl groups is 1. The van der Waals surface area contributed by atoms with Crippen molar-refractivity contribution in [3.8, 4) is 0 Å². The third kappa shape index (κ3) is 5.92. The van der Waals surface area contributed by atoms with Gasteiger partial charge in [-0.1, -0.05) is 0 Å². The number of rotatable bonds is 5. The molecule has 1 amide bonds. The van der Waals surface area contributed by atoms with E-state index in [0.717, 1.165) is 0 Å². The number of hydrogen-bond acceptors (Lipinski definition) is 7. The highest BCUT2D eigenvalue weighted by molar-refractivity contribution is 5.68. The number of hydrogen-bond donors (Lipinski definition) is 2. The van der Waals surface area contributed by atoms with Crippen LogP contribution < -0.4 is 10.2 Å². The van der Waals surface area contributed by atoms with Crippen molar-refractivity contribution >= 4 is 12.0 Å². The Balaban J connectivity index is 1.95. The molecule has 1 aromatic rings. The third-order valence-corrected chi connectivity index (χ3v) is 3.59. The number of aromatic nitrogens is 2. The Morgan fingerprint density at radius 1 is 1.42 bits per heavy atom. The molecule has 0 saturated carbocycles. The van der Waals surface area contributed by atoms with Gasteiger partial charge in [0.2, 0.25) is 5.95 Å². The summed E-state index contributed by atoms with van der Waals surface area (Å²) in [6.45, 7) is 7.58. The molecule has 0 spiro atoms. The number of nitrogens with zero attached hydrogens (tertiary/aromatic N) is 3. The van der Waals surface area contributed by atoms with E-state index >= 15 is 0 Å². The predicted octanol–water partition coefficient (Wildman–Crippen LogP) is 1.72. The lowest BCUT2D eigenvalue weighted by Gasteiger charge is -2.26. The van der Waals surface area contributed by atoms with Crippen LogP contribution in [0.2, 0.25) is 0 Å². The molecule has 1 aromatic heterocycles. The van der Waals surface area contributed by atoms with Crippen LogP contribution in [0.25, 0.3) is 0 Å². The topological polar surface area (TPSA) is 96.8 Å². The fourth-order valence-electron chi connectivity index (χ4n) is 2.30. The zero-order valence-corrected chi connectivity index (χ0v) is 15.2. The van der Waals surface area contributed by atoms with E-state index < -0.39 is 17.8 Å². The molecule has 1 saturated heterocycles.